The second-order valence-corrected chi connectivity index (χ2v) is 4.77. The molecule has 0 saturated heterocycles. The van der Waals surface area contributed by atoms with Gasteiger partial charge >= 0.3 is 0 Å². The summed E-state index contributed by atoms with van der Waals surface area (Å²) in [6, 6.07) is 4.34. The molecule has 0 aromatic carbocycles. The summed E-state index contributed by atoms with van der Waals surface area (Å²) in [5, 5.41) is 0. The van der Waals surface area contributed by atoms with Crippen molar-refractivity contribution in [3.63, 3.8) is 0 Å². The van der Waals surface area contributed by atoms with Crippen LogP contribution in [0.4, 0.5) is 0 Å². The SMILES string of the molecule is CCCCCCCCc1c(C)ccc[n+]1C. The molecule has 0 aliphatic heterocycles. The highest BCUT2D eigenvalue weighted by Crippen LogP contribution is 2.09. The van der Waals surface area contributed by atoms with E-state index in [9.17, 15) is 0 Å². The summed E-state index contributed by atoms with van der Waals surface area (Å²) in [6.45, 7) is 4.49. The Morgan fingerprint density at radius 1 is 1.06 bits per heavy atom. The summed E-state index contributed by atoms with van der Waals surface area (Å²) in [5.41, 5.74) is 2.93. The van der Waals surface area contributed by atoms with Gasteiger partial charge in [0.05, 0.1) is 0 Å². The predicted octanol–water partition coefficient (Wildman–Crippen LogP) is 3.72. The van der Waals surface area contributed by atoms with Gasteiger partial charge in [0.2, 0.25) is 0 Å². The molecule has 0 fully saturated rings. The highest BCUT2D eigenvalue weighted by molar-refractivity contribution is 5.13. The van der Waals surface area contributed by atoms with Crippen LogP contribution in [-0.2, 0) is 13.5 Å². The average molecular weight is 220 g/mol. The van der Waals surface area contributed by atoms with Crippen molar-refractivity contribution in [3.8, 4) is 0 Å². The second kappa shape index (κ2) is 7.43. The van der Waals surface area contributed by atoms with Crippen LogP contribution < -0.4 is 4.57 Å². The van der Waals surface area contributed by atoms with E-state index in [1.807, 2.05) is 0 Å². The van der Waals surface area contributed by atoms with Crippen LogP contribution in [0.25, 0.3) is 0 Å². The van der Waals surface area contributed by atoms with Gasteiger partial charge in [-0.05, 0) is 19.4 Å². The van der Waals surface area contributed by atoms with Gasteiger partial charge in [0.15, 0.2) is 11.9 Å². The molecular formula is C15H26N+. The lowest BCUT2D eigenvalue weighted by molar-refractivity contribution is -0.679. The molecule has 1 heteroatoms. The maximum absolute atomic E-state index is 2.27. The summed E-state index contributed by atoms with van der Waals surface area (Å²) in [5.74, 6) is 0. The third-order valence-corrected chi connectivity index (χ3v) is 3.30. The fourth-order valence-corrected chi connectivity index (χ4v) is 2.23. The minimum Gasteiger partial charge on any atom is -0.205 e. The fourth-order valence-electron chi connectivity index (χ4n) is 2.23. The number of nitrogens with zero attached hydrogens (tertiary/aromatic N) is 1. The van der Waals surface area contributed by atoms with Crippen molar-refractivity contribution in [2.24, 2.45) is 7.05 Å². The Morgan fingerprint density at radius 2 is 1.75 bits per heavy atom. The van der Waals surface area contributed by atoms with Crippen LogP contribution in [0.1, 0.15) is 56.7 Å². The summed E-state index contributed by atoms with van der Waals surface area (Å²) in [4.78, 5) is 0. The van der Waals surface area contributed by atoms with Gasteiger partial charge in [0.25, 0.3) is 0 Å². The van der Waals surface area contributed by atoms with Crippen LogP contribution in [-0.4, -0.2) is 0 Å². The molecule has 16 heavy (non-hydrogen) atoms. The van der Waals surface area contributed by atoms with Crippen LogP contribution in [0, 0.1) is 6.92 Å². The Hall–Kier alpha value is -0.850. The Bertz CT molecular complexity index is 284. The van der Waals surface area contributed by atoms with Crippen molar-refractivity contribution in [2.45, 2.75) is 58.8 Å². The minimum atomic E-state index is 1.23. The number of pyridine rings is 1. The smallest absolute Gasteiger partial charge is 0.183 e. The van der Waals surface area contributed by atoms with Crippen molar-refractivity contribution in [1.29, 1.82) is 0 Å². The molecule has 1 rings (SSSR count). The molecule has 0 amide bonds. The van der Waals surface area contributed by atoms with E-state index in [2.05, 4.69) is 43.8 Å². The minimum absolute atomic E-state index is 1.23. The molecule has 0 aliphatic rings. The van der Waals surface area contributed by atoms with Crippen molar-refractivity contribution in [3.05, 3.63) is 29.6 Å². The predicted molar refractivity (Wildman–Crippen MR) is 69.4 cm³/mol. The highest BCUT2D eigenvalue weighted by atomic mass is 14.9. The van der Waals surface area contributed by atoms with Gasteiger partial charge in [-0.15, -0.1) is 0 Å². The van der Waals surface area contributed by atoms with Crippen molar-refractivity contribution < 1.29 is 4.57 Å². The van der Waals surface area contributed by atoms with Gasteiger partial charge in [0, 0.05) is 18.1 Å². The Kier molecular flexibility index (Phi) is 6.14. The van der Waals surface area contributed by atoms with E-state index in [4.69, 9.17) is 0 Å². The van der Waals surface area contributed by atoms with Gasteiger partial charge in [-0.1, -0.05) is 39.0 Å². The lowest BCUT2D eigenvalue weighted by atomic mass is 10.1. The zero-order valence-electron chi connectivity index (χ0n) is 11.1. The molecular weight excluding hydrogens is 194 g/mol. The first-order chi connectivity index (χ1) is 7.75. The van der Waals surface area contributed by atoms with Crippen molar-refractivity contribution >= 4 is 0 Å². The average Bonchev–Trinajstić information content (AvgIpc) is 2.26. The maximum Gasteiger partial charge on any atom is 0.183 e. The molecule has 1 nitrogen and oxygen atoms in total. The molecule has 90 valence electrons. The van der Waals surface area contributed by atoms with E-state index in [1.165, 1.54) is 56.2 Å². The van der Waals surface area contributed by atoms with Crippen molar-refractivity contribution in [2.75, 3.05) is 0 Å². The van der Waals surface area contributed by atoms with Gasteiger partial charge in [0.1, 0.15) is 7.05 Å². The third kappa shape index (κ3) is 4.34. The van der Waals surface area contributed by atoms with E-state index in [0.29, 0.717) is 0 Å². The van der Waals surface area contributed by atoms with Crippen LogP contribution >= 0.6 is 0 Å². The zero-order valence-corrected chi connectivity index (χ0v) is 11.1. The monoisotopic (exact) mass is 220 g/mol. The molecule has 0 spiro atoms. The quantitative estimate of drug-likeness (QED) is 0.487. The van der Waals surface area contributed by atoms with Crippen LogP contribution in [0.2, 0.25) is 0 Å². The lowest BCUT2D eigenvalue weighted by Gasteiger charge is -2.03. The first-order valence-electron chi connectivity index (χ1n) is 6.70. The van der Waals surface area contributed by atoms with E-state index in [-0.39, 0.29) is 0 Å². The second-order valence-electron chi connectivity index (χ2n) is 4.77. The first-order valence-corrected chi connectivity index (χ1v) is 6.70. The molecule has 0 atom stereocenters. The summed E-state index contributed by atoms with van der Waals surface area (Å²) < 4.78 is 2.27. The summed E-state index contributed by atoms with van der Waals surface area (Å²) in [7, 11) is 2.15. The standard InChI is InChI=1S/C15H26N/c1-4-5-6-7-8-9-12-15-14(2)11-10-13-16(15)3/h10-11,13H,4-9,12H2,1-3H3/q+1. The molecule has 0 unspecified atom stereocenters. The summed E-state index contributed by atoms with van der Waals surface area (Å²) >= 11 is 0. The van der Waals surface area contributed by atoms with E-state index in [0.717, 1.165) is 0 Å². The van der Waals surface area contributed by atoms with Crippen LogP contribution in [0.3, 0.4) is 0 Å². The lowest BCUT2D eigenvalue weighted by Crippen LogP contribution is -2.33. The molecule has 0 radical (unpaired) electrons. The Balaban J connectivity index is 2.26. The Labute approximate surface area is 101 Å². The van der Waals surface area contributed by atoms with Crippen LogP contribution in [0.5, 0.6) is 0 Å². The van der Waals surface area contributed by atoms with Gasteiger partial charge < -0.3 is 0 Å². The largest absolute Gasteiger partial charge is 0.205 e. The highest BCUT2D eigenvalue weighted by Gasteiger charge is 2.08. The molecule has 1 aromatic rings. The van der Waals surface area contributed by atoms with E-state index >= 15 is 0 Å². The number of rotatable bonds is 7. The van der Waals surface area contributed by atoms with Gasteiger partial charge in [-0.2, -0.15) is 0 Å². The number of aromatic nitrogens is 1. The fraction of sp³-hybridized carbons (Fsp3) is 0.667. The number of aryl methyl sites for hydroxylation is 2. The number of hydrogen-bond donors (Lipinski definition) is 0. The van der Waals surface area contributed by atoms with Crippen molar-refractivity contribution in [1.82, 2.24) is 0 Å². The van der Waals surface area contributed by atoms with Gasteiger partial charge in [-0.3, -0.25) is 0 Å². The normalized spacial score (nSPS) is 10.7. The van der Waals surface area contributed by atoms with E-state index < -0.39 is 0 Å². The Morgan fingerprint density at radius 3 is 2.44 bits per heavy atom. The molecule has 0 N–H and O–H groups in total. The van der Waals surface area contributed by atoms with Gasteiger partial charge in [-0.25, -0.2) is 4.57 Å². The molecule has 1 heterocycles. The van der Waals surface area contributed by atoms with Crippen LogP contribution in [0.15, 0.2) is 18.3 Å². The zero-order chi connectivity index (χ0) is 11.8. The topological polar surface area (TPSA) is 3.88 Å². The third-order valence-electron chi connectivity index (χ3n) is 3.30. The summed E-state index contributed by atoms with van der Waals surface area (Å²) in [6.07, 6.45) is 11.7. The maximum atomic E-state index is 2.27. The number of hydrogen-bond acceptors (Lipinski definition) is 0. The molecule has 1 aromatic heterocycles. The van der Waals surface area contributed by atoms with E-state index in [1.54, 1.807) is 0 Å². The molecule has 0 saturated carbocycles. The molecule has 0 aliphatic carbocycles. The number of unbranched alkanes of at least 4 members (excludes halogenated alkanes) is 5. The molecule has 0 bridgehead atoms. The first kappa shape index (κ1) is 13.2.